The van der Waals surface area contributed by atoms with Crippen molar-refractivity contribution in [2.45, 2.75) is 18.9 Å². The molecule has 1 atom stereocenters. The lowest BCUT2D eigenvalue weighted by Crippen LogP contribution is -2.33. The first-order valence-electron chi connectivity index (χ1n) is 6.66. The number of ether oxygens (including phenoxy) is 1. The van der Waals surface area contributed by atoms with Crippen LogP contribution in [-0.2, 0) is 4.79 Å². The number of benzene rings is 1. The monoisotopic (exact) mass is 276 g/mol. The van der Waals surface area contributed by atoms with Crippen molar-refractivity contribution in [1.29, 1.82) is 0 Å². The molecule has 1 heterocycles. The number of fused-ring (bicyclic) bond motifs is 1. The molecular formula is C14H16N2O4. The van der Waals surface area contributed by atoms with Crippen molar-refractivity contribution in [3.63, 3.8) is 0 Å². The van der Waals surface area contributed by atoms with Crippen LogP contribution in [0.15, 0.2) is 18.2 Å². The van der Waals surface area contributed by atoms with Crippen LogP contribution in [0.5, 0.6) is 5.75 Å². The third kappa shape index (κ3) is 2.75. The highest BCUT2D eigenvalue weighted by atomic mass is 16.5. The minimum absolute atomic E-state index is 0.00781. The van der Waals surface area contributed by atoms with E-state index in [1.807, 2.05) is 0 Å². The number of rotatable bonds is 4. The summed E-state index contributed by atoms with van der Waals surface area (Å²) in [6.45, 7) is 0.246. The van der Waals surface area contributed by atoms with E-state index in [0.29, 0.717) is 22.9 Å². The zero-order valence-corrected chi connectivity index (χ0v) is 10.9. The number of amides is 2. The second-order valence-electron chi connectivity index (χ2n) is 5.16. The number of anilines is 1. The van der Waals surface area contributed by atoms with Crippen molar-refractivity contribution >= 4 is 17.5 Å². The minimum atomic E-state index is -0.473. The molecule has 1 aromatic rings. The predicted molar refractivity (Wildman–Crippen MR) is 71.6 cm³/mol. The molecule has 2 aliphatic rings. The molecule has 20 heavy (non-hydrogen) atoms. The van der Waals surface area contributed by atoms with Gasteiger partial charge in [0, 0.05) is 12.1 Å². The van der Waals surface area contributed by atoms with Crippen LogP contribution in [0.3, 0.4) is 0 Å². The topological polar surface area (TPSA) is 87.7 Å². The fourth-order valence-corrected chi connectivity index (χ4v) is 2.17. The summed E-state index contributed by atoms with van der Waals surface area (Å²) < 4.78 is 5.22. The summed E-state index contributed by atoms with van der Waals surface area (Å²) in [5, 5.41) is 15.1. The van der Waals surface area contributed by atoms with Crippen molar-refractivity contribution in [1.82, 2.24) is 5.32 Å². The molecule has 0 bridgehead atoms. The number of carbonyl (C=O) groups is 2. The summed E-state index contributed by atoms with van der Waals surface area (Å²) in [7, 11) is 0. The molecule has 1 unspecified atom stereocenters. The largest absolute Gasteiger partial charge is 0.482 e. The first-order valence-corrected chi connectivity index (χ1v) is 6.66. The van der Waals surface area contributed by atoms with Gasteiger partial charge in [0.2, 0.25) is 0 Å². The van der Waals surface area contributed by atoms with E-state index in [1.54, 1.807) is 18.2 Å². The van der Waals surface area contributed by atoms with E-state index >= 15 is 0 Å². The predicted octanol–water partition coefficient (Wildman–Crippen LogP) is 0.518. The molecule has 1 aromatic carbocycles. The molecule has 6 heteroatoms. The second-order valence-corrected chi connectivity index (χ2v) is 5.16. The summed E-state index contributed by atoms with van der Waals surface area (Å²) in [4.78, 5) is 23.2. The maximum atomic E-state index is 12.0. The number of aliphatic hydroxyl groups is 1. The molecular weight excluding hydrogens is 260 g/mol. The molecule has 3 N–H and O–H groups in total. The van der Waals surface area contributed by atoms with E-state index in [-0.39, 0.29) is 25.0 Å². The van der Waals surface area contributed by atoms with Gasteiger partial charge in [-0.3, -0.25) is 9.59 Å². The number of hydrogen-bond donors (Lipinski definition) is 3. The highest BCUT2D eigenvalue weighted by Crippen LogP contribution is 2.32. The lowest BCUT2D eigenvalue weighted by molar-refractivity contribution is -0.118. The Labute approximate surface area is 116 Å². The van der Waals surface area contributed by atoms with E-state index in [2.05, 4.69) is 10.6 Å². The average molecular weight is 276 g/mol. The Morgan fingerprint density at radius 3 is 3.05 bits per heavy atom. The molecule has 1 aliphatic carbocycles. The van der Waals surface area contributed by atoms with E-state index in [1.165, 1.54) is 0 Å². The summed E-state index contributed by atoms with van der Waals surface area (Å²) >= 11 is 0. The molecule has 0 aromatic heterocycles. The van der Waals surface area contributed by atoms with E-state index in [4.69, 9.17) is 4.74 Å². The first-order chi connectivity index (χ1) is 9.63. The molecule has 1 fully saturated rings. The number of nitrogens with one attached hydrogen (secondary N) is 2. The molecule has 3 rings (SSSR count). The van der Waals surface area contributed by atoms with Gasteiger partial charge in [0.15, 0.2) is 6.61 Å². The van der Waals surface area contributed by atoms with Crippen LogP contribution in [-0.4, -0.2) is 36.2 Å². The highest BCUT2D eigenvalue weighted by Gasteiger charge is 2.29. The smallest absolute Gasteiger partial charge is 0.262 e. The van der Waals surface area contributed by atoms with Crippen LogP contribution >= 0.6 is 0 Å². The molecule has 0 radical (unpaired) electrons. The highest BCUT2D eigenvalue weighted by molar-refractivity contribution is 5.99. The Balaban J connectivity index is 1.65. The number of carbonyl (C=O) groups excluding carboxylic acids is 2. The quantitative estimate of drug-likeness (QED) is 0.748. The van der Waals surface area contributed by atoms with Crippen LogP contribution in [0.1, 0.15) is 23.2 Å². The third-order valence-corrected chi connectivity index (χ3v) is 3.51. The summed E-state index contributed by atoms with van der Waals surface area (Å²) in [5.74, 6) is 0.372. The third-order valence-electron chi connectivity index (χ3n) is 3.51. The van der Waals surface area contributed by atoms with Gasteiger partial charge >= 0.3 is 0 Å². The van der Waals surface area contributed by atoms with E-state index in [0.717, 1.165) is 12.8 Å². The van der Waals surface area contributed by atoms with E-state index < -0.39 is 6.10 Å². The van der Waals surface area contributed by atoms with Crippen molar-refractivity contribution in [3.05, 3.63) is 23.8 Å². The minimum Gasteiger partial charge on any atom is -0.482 e. The fraction of sp³-hybridized carbons (Fsp3) is 0.429. The van der Waals surface area contributed by atoms with Gasteiger partial charge in [0.05, 0.1) is 11.8 Å². The number of hydrogen-bond acceptors (Lipinski definition) is 4. The van der Waals surface area contributed by atoms with Crippen LogP contribution < -0.4 is 15.4 Å². The van der Waals surface area contributed by atoms with Gasteiger partial charge in [-0.05, 0) is 37.0 Å². The van der Waals surface area contributed by atoms with Gasteiger partial charge in [0.1, 0.15) is 5.75 Å². The number of aliphatic hydroxyl groups excluding tert-OH is 1. The molecule has 106 valence electrons. The van der Waals surface area contributed by atoms with Crippen molar-refractivity contribution < 1.29 is 19.4 Å². The van der Waals surface area contributed by atoms with Gasteiger partial charge in [-0.25, -0.2) is 0 Å². The van der Waals surface area contributed by atoms with Gasteiger partial charge in [-0.2, -0.15) is 0 Å². The zero-order valence-electron chi connectivity index (χ0n) is 10.9. The second kappa shape index (κ2) is 5.13. The Hall–Kier alpha value is -2.08. The molecule has 2 amide bonds. The van der Waals surface area contributed by atoms with Gasteiger partial charge in [-0.1, -0.05) is 0 Å². The fourth-order valence-electron chi connectivity index (χ4n) is 2.17. The van der Waals surface area contributed by atoms with Gasteiger partial charge in [-0.15, -0.1) is 0 Å². The lowest BCUT2D eigenvalue weighted by Gasteiger charge is -2.18. The van der Waals surface area contributed by atoms with Crippen LogP contribution in [0.25, 0.3) is 0 Å². The van der Waals surface area contributed by atoms with Crippen molar-refractivity contribution in [2.24, 2.45) is 5.92 Å². The molecule has 6 nitrogen and oxygen atoms in total. The lowest BCUT2D eigenvalue weighted by atomic mass is 10.1. The van der Waals surface area contributed by atoms with Crippen LogP contribution in [0.2, 0.25) is 0 Å². The summed E-state index contributed by atoms with van der Waals surface area (Å²) in [6.07, 6.45) is 1.58. The average Bonchev–Trinajstić information content (AvgIpc) is 3.28. The Morgan fingerprint density at radius 1 is 1.50 bits per heavy atom. The first kappa shape index (κ1) is 12.9. The van der Waals surface area contributed by atoms with Gasteiger partial charge < -0.3 is 20.5 Å². The maximum Gasteiger partial charge on any atom is 0.262 e. The molecule has 0 spiro atoms. The maximum absolute atomic E-state index is 12.0. The van der Waals surface area contributed by atoms with Crippen LogP contribution in [0, 0.1) is 5.92 Å². The molecule has 1 saturated carbocycles. The van der Waals surface area contributed by atoms with Crippen molar-refractivity contribution in [2.75, 3.05) is 18.5 Å². The Kier molecular flexibility index (Phi) is 3.31. The normalized spacial score (nSPS) is 18.6. The standard InChI is InChI=1S/C14H16N2O4/c17-11(8-1-2-8)6-15-14(19)9-3-4-12-10(5-9)16-13(18)7-20-12/h3-5,8,11,17H,1-2,6-7H2,(H,15,19)(H,16,18). The SMILES string of the molecule is O=C1COc2ccc(C(=O)NCC(O)C3CC3)cc2N1. The van der Waals surface area contributed by atoms with E-state index in [9.17, 15) is 14.7 Å². The molecule has 1 aliphatic heterocycles. The summed E-state index contributed by atoms with van der Waals surface area (Å²) in [6, 6.07) is 4.86. The Bertz CT molecular complexity index is 554. The zero-order chi connectivity index (χ0) is 14.1. The molecule has 0 saturated heterocycles. The van der Waals surface area contributed by atoms with Gasteiger partial charge in [0.25, 0.3) is 11.8 Å². The van der Waals surface area contributed by atoms with Crippen LogP contribution in [0.4, 0.5) is 5.69 Å². The van der Waals surface area contributed by atoms with Crippen molar-refractivity contribution in [3.8, 4) is 5.75 Å². The summed E-state index contributed by atoms with van der Waals surface area (Å²) in [5.41, 5.74) is 0.925. The Morgan fingerprint density at radius 2 is 2.30 bits per heavy atom.